The Morgan fingerprint density at radius 3 is 2.44 bits per heavy atom. The van der Waals surface area contributed by atoms with Gasteiger partial charge in [0.15, 0.2) is 0 Å². The van der Waals surface area contributed by atoms with Crippen molar-refractivity contribution in [3.63, 3.8) is 0 Å². The maximum absolute atomic E-state index is 9.03. The quantitative estimate of drug-likeness (QED) is 0.381. The first-order valence-electron chi connectivity index (χ1n) is 6.10. The number of nitrogen functional groups attached to an aromatic ring is 1. The first kappa shape index (κ1) is 13.0. The molecule has 0 aromatic carbocycles. The zero-order chi connectivity index (χ0) is 13.0. The third kappa shape index (κ3) is 3.06. The van der Waals surface area contributed by atoms with E-state index in [1.807, 2.05) is 4.90 Å². The molecule has 1 aromatic heterocycles. The lowest BCUT2D eigenvalue weighted by Gasteiger charge is -2.22. The van der Waals surface area contributed by atoms with Crippen molar-refractivity contribution in [1.29, 1.82) is 0 Å². The first-order valence-corrected chi connectivity index (χ1v) is 6.10. The van der Waals surface area contributed by atoms with Gasteiger partial charge in [-0.2, -0.15) is 0 Å². The number of hydrogen-bond donors (Lipinski definition) is 4. The number of aliphatic hydroxyl groups excluding tert-OH is 2. The molecule has 7 heteroatoms. The van der Waals surface area contributed by atoms with Crippen molar-refractivity contribution < 1.29 is 10.2 Å². The highest BCUT2D eigenvalue weighted by atomic mass is 16.3. The molecule has 0 aliphatic heterocycles. The summed E-state index contributed by atoms with van der Waals surface area (Å²) in [5.41, 5.74) is 2.53. The maximum atomic E-state index is 9.03. The topological polar surface area (TPSA) is 108 Å². The maximum Gasteiger partial charge on any atom is 0.145 e. The molecule has 0 bridgehead atoms. The van der Waals surface area contributed by atoms with Gasteiger partial charge in [0.25, 0.3) is 0 Å². The molecule has 0 spiro atoms. The van der Waals surface area contributed by atoms with Crippen molar-refractivity contribution in [3.05, 3.63) is 11.9 Å². The van der Waals surface area contributed by atoms with Crippen LogP contribution < -0.4 is 16.2 Å². The van der Waals surface area contributed by atoms with Gasteiger partial charge in [0, 0.05) is 25.1 Å². The smallest absolute Gasteiger partial charge is 0.145 e. The summed E-state index contributed by atoms with van der Waals surface area (Å²) in [6.07, 6.45) is 2.21. The van der Waals surface area contributed by atoms with Crippen LogP contribution in [0.4, 0.5) is 11.6 Å². The van der Waals surface area contributed by atoms with Gasteiger partial charge in [-0.15, -0.1) is 0 Å². The number of hydrogen-bond acceptors (Lipinski definition) is 7. The molecule has 100 valence electrons. The number of nitrogens with two attached hydrogens (primary N) is 1. The molecular weight excluding hydrogens is 234 g/mol. The Kier molecular flexibility index (Phi) is 4.29. The number of hydrazine groups is 1. The van der Waals surface area contributed by atoms with E-state index >= 15 is 0 Å². The van der Waals surface area contributed by atoms with Crippen molar-refractivity contribution in [2.45, 2.75) is 18.8 Å². The average molecular weight is 253 g/mol. The first-order chi connectivity index (χ1) is 8.78. The Labute approximate surface area is 106 Å². The van der Waals surface area contributed by atoms with Crippen LogP contribution in [0.15, 0.2) is 6.07 Å². The summed E-state index contributed by atoms with van der Waals surface area (Å²) in [6, 6.07) is 1.72. The molecule has 7 nitrogen and oxygen atoms in total. The number of nitrogens with zero attached hydrogens (tertiary/aromatic N) is 3. The highest BCUT2D eigenvalue weighted by molar-refractivity contribution is 5.49. The summed E-state index contributed by atoms with van der Waals surface area (Å²) >= 11 is 0. The van der Waals surface area contributed by atoms with E-state index in [1.54, 1.807) is 6.07 Å². The lowest BCUT2D eigenvalue weighted by molar-refractivity contribution is 0.280. The highest BCUT2D eigenvalue weighted by Crippen LogP contribution is 2.39. The summed E-state index contributed by atoms with van der Waals surface area (Å²) in [4.78, 5) is 10.6. The molecule has 0 radical (unpaired) electrons. The summed E-state index contributed by atoms with van der Waals surface area (Å²) in [7, 11) is 0. The van der Waals surface area contributed by atoms with Gasteiger partial charge in [0.1, 0.15) is 17.5 Å². The minimum atomic E-state index is 0.00809. The van der Waals surface area contributed by atoms with E-state index in [0.29, 0.717) is 30.6 Å². The minimum absolute atomic E-state index is 0.00809. The second kappa shape index (κ2) is 5.94. The number of aliphatic hydroxyl groups is 2. The highest BCUT2D eigenvalue weighted by Gasteiger charge is 2.27. The van der Waals surface area contributed by atoms with Crippen LogP contribution in [0.25, 0.3) is 0 Å². The lowest BCUT2D eigenvalue weighted by atomic mass is 10.3. The fraction of sp³-hybridized carbons (Fsp3) is 0.636. The van der Waals surface area contributed by atoms with E-state index < -0.39 is 0 Å². The zero-order valence-electron chi connectivity index (χ0n) is 10.2. The standard InChI is InChI=1S/C11H19N5O2/c12-15-9-7-10(16(3-5-17)4-6-18)14-11(13-9)8-1-2-8/h7-8,17-18H,1-6,12H2,(H,13,14,15). The van der Waals surface area contributed by atoms with Crippen molar-refractivity contribution in [3.8, 4) is 0 Å². The van der Waals surface area contributed by atoms with Crippen LogP contribution >= 0.6 is 0 Å². The Morgan fingerprint density at radius 1 is 1.28 bits per heavy atom. The Hall–Kier alpha value is -1.44. The molecule has 0 saturated heterocycles. The molecule has 2 rings (SSSR count). The van der Waals surface area contributed by atoms with Gasteiger partial charge in [-0.05, 0) is 12.8 Å². The third-order valence-corrected chi connectivity index (χ3v) is 2.88. The van der Waals surface area contributed by atoms with Crippen LogP contribution in [-0.4, -0.2) is 46.5 Å². The molecule has 18 heavy (non-hydrogen) atoms. The van der Waals surface area contributed by atoms with Gasteiger partial charge in [0.05, 0.1) is 13.2 Å². The summed E-state index contributed by atoms with van der Waals surface area (Å²) in [5, 5.41) is 18.1. The third-order valence-electron chi connectivity index (χ3n) is 2.88. The summed E-state index contributed by atoms with van der Waals surface area (Å²) in [6.45, 7) is 0.861. The number of nitrogens with one attached hydrogen (secondary N) is 1. The lowest BCUT2D eigenvalue weighted by Crippen LogP contribution is -2.31. The largest absolute Gasteiger partial charge is 0.395 e. The minimum Gasteiger partial charge on any atom is -0.395 e. The van der Waals surface area contributed by atoms with E-state index in [4.69, 9.17) is 16.1 Å². The Morgan fingerprint density at radius 2 is 1.94 bits per heavy atom. The Balaban J connectivity index is 2.25. The normalized spacial score (nSPS) is 14.6. The van der Waals surface area contributed by atoms with Gasteiger partial charge in [-0.3, -0.25) is 0 Å². The zero-order valence-corrected chi connectivity index (χ0v) is 10.2. The van der Waals surface area contributed by atoms with Crippen molar-refractivity contribution in [1.82, 2.24) is 9.97 Å². The van der Waals surface area contributed by atoms with Crippen molar-refractivity contribution in [2.75, 3.05) is 36.6 Å². The predicted molar refractivity (Wildman–Crippen MR) is 68.2 cm³/mol. The SMILES string of the molecule is NNc1cc(N(CCO)CCO)nc(C2CC2)n1. The van der Waals surface area contributed by atoms with Gasteiger partial charge in [0.2, 0.25) is 0 Å². The van der Waals surface area contributed by atoms with E-state index in [1.165, 1.54) is 0 Å². The average Bonchev–Trinajstić information content (AvgIpc) is 3.22. The Bertz CT molecular complexity index is 391. The molecule has 0 atom stereocenters. The fourth-order valence-electron chi connectivity index (χ4n) is 1.79. The van der Waals surface area contributed by atoms with E-state index in [-0.39, 0.29) is 13.2 Å². The number of aromatic nitrogens is 2. The molecule has 0 unspecified atom stereocenters. The van der Waals surface area contributed by atoms with Crippen LogP contribution in [0.1, 0.15) is 24.6 Å². The number of anilines is 2. The van der Waals surface area contributed by atoms with Gasteiger partial charge < -0.3 is 20.5 Å². The predicted octanol–water partition coefficient (Wildman–Crippen LogP) is -0.569. The molecule has 1 saturated carbocycles. The van der Waals surface area contributed by atoms with Crippen LogP contribution in [0.3, 0.4) is 0 Å². The van der Waals surface area contributed by atoms with Crippen molar-refractivity contribution in [2.24, 2.45) is 5.84 Å². The molecule has 1 aromatic rings. The van der Waals surface area contributed by atoms with E-state index in [2.05, 4.69) is 15.4 Å². The molecular formula is C11H19N5O2. The molecule has 1 fully saturated rings. The summed E-state index contributed by atoms with van der Waals surface area (Å²) in [5.74, 6) is 7.84. The molecule has 1 aliphatic carbocycles. The van der Waals surface area contributed by atoms with Crippen LogP contribution in [-0.2, 0) is 0 Å². The van der Waals surface area contributed by atoms with Crippen LogP contribution in [0.2, 0.25) is 0 Å². The van der Waals surface area contributed by atoms with E-state index in [0.717, 1.165) is 18.7 Å². The van der Waals surface area contributed by atoms with E-state index in [9.17, 15) is 0 Å². The van der Waals surface area contributed by atoms with Gasteiger partial charge >= 0.3 is 0 Å². The molecule has 5 N–H and O–H groups in total. The second-order valence-corrected chi connectivity index (χ2v) is 4.32. The molecule has 0 amide bonds. The number of rotatable bonds is 7. The van der Waals surface area contributed by atoms with Crippen LogP contribution in [0.5, 0.6) is 0 Å². The van der Waals surface area contributed by atoms with Crippen LogP contribution in [0, 0.1) is 0 Å². The molecule has 1 heterocycles. The van der Waals surface area contributed by atoms with Gasteiger partial charge in [-0.25, -0.2) is 15.8 Å². The van der Waals surface area contributed by atoms with Gasteiger partial charge in [-0.1, -0.05) is 0 Å². The molecule has 1 aliphatic rings. The monoisotopic (exact) mass is 253 g/mol. The van der Waals surface area contributed by atoms with Crippen molar-refractivity contribution >= 4 is 11.6 Å². The second-order valence-electron chi connectivity index (χ2n) is 4.32. The fourth-order valence-corrected chi connectivity index (χ4v) is 1.79. The summed E-state index contributed by atoms with van der Waals surface area (Å²) < 4.78 is 0.